The van der Waals surface area contributed by atoms with Gasteiger partial charge in [-0.05, 0) is 25.0 Å². The summed E-state index contributed by atoms with van der Waals surface area (Å²) in [5.41, 5.74) is 1.89. The summed E-state index contributed by atoms with van der Waals surface area (Å²) in [6.07, 6.45) is 2.56. The largest absolute Gasteiger partial charge is 0.378 e. The van der Waals surface area contributed by atoms with Crippen LogP contribution in [0.2, 0.25) is 0 Å². The first kappa shape index (κ1) is 20.1. The Labute approximate surface area is 167 Å². The summed E-state index contributed by atoms with van der Waals surface area (Å²) in [5, 5.41) is 9.71. The highest BCUT2D eigenvalue weighted by Crippen LogP contribution is 2.06. The van der Waals surface area contributed by atoms with Crippen molar-refractivity contribution in [1.82, 2.24) is 9.47 Å². The lowest BCUT2D eigenvalue weighted by Gasteiger charge is -2.26. The lowest BCUT2D eigenvalue weighted by Crippen LogP contribution is -2.42. The summed E-state index contributed by atoms with van der Waals surface area (Å²) in [6, 6.07) is 9.92. The number of hydrogen-bond donors (Lipinski definition) is 0. The molecule has 0 atom stereocenters. The fourth-order valence-electron chi connectivity index (χ4n) is 3.15. The fraction of sp³-hybridized carbons (Fsp3) is 0.381. The number of ether oxygens (including phenoxy) is 1. The average Bonchev–Trinajstić information content (AvgIpc) is 2.99. The van der Waals surface area contributed by atoms with E-state index in [2.05, 4.69) is 0 Å². The Hall–Kier alpha value is -2.69. The Kier molecular flexibility index (Phi) is 6.45. The quantitative estimate of drug-likeness (QED) is 0.771. The van der Waals surface area contributed by atoms with Crippen LogP contribution in [-0.2, 0) is 16.1 Å². The van der Waals surface area contributed by atoms with Gasteiger partial charge in [0.25, 0.3) is 11.5 Å². The maximum absolute atomic E-state index is 13.0. The van der Waals surface area contributed by atoms with Gasteiger partial charge in [0.2, 0.25) is 0 Å². The van der Waals surface area contributed by atoms with Crippen LogP contribution in [-0.4, -0.2) is 41.7 Å². The first-order valence-corrected chi connectivity index (χ1v) is 10.2. The number of aryl methyl sites for hydroxylation is 1. The molecule has 0 radical (unpaired) electrons. The van der Waals surface area contributed by atoms with Crippen LogP contribution in [0.3, 0.4) is 0 Å². The van der Waals surface area contributed by atoms with Gasteiger partial charge in [0.05, 0.1) is 17.7 Å². The number of carbonyl (C=O) groups is 1. The third kappa shape index (κ3) is 4.24. The van der Waals surface area contributed by atoms with E-state index in [0.717, 1.165) is 17.5 Å². The number of hydrogen-bond acceptors (Lipinski definition) is 5. The number of nitrogens with zero attached hydrogens (tertiary/aromatic N) is 3. The number of amides is 1. The highest BCUT2D eigenvalue weighted by molar-refractivity contribution is 7.07. The molecule has 146 valence electrons. The van der Waals surface area contributed by atoms with E-state index in [0.29, 0.717) is 42.0 Å². The highest BCUT2D eigenvalue weighted by Gasteiger charge is 2.23. The van der Waals surface area contributed by atoms with Crippen molar-refractivity contribution in [3.63, 3.8) is 0 Å². The lowest BCUT2D eigenvalue weighted by molar-refractivity contribution is -0.128. The van der Waals surface area contributed by atoms with Crippen LogP contribution in [0.4, 0.5) is 0 Å². The van der Waals surface area contributed by atoms with Gasteiger partial charge in [-0.1, -0.05) is 36.8 Å². The first-order chi connectivity index (χ1) is 13.5. The molecule has 1 saturated heterocycles. The molecule has 1 amide bonds. The Morgan fingerprint density at radius 3 is 2.75 bits per heavy atom. The topological polar surface area (TPSA) is 75.3 Å². The van der Waals surface area contributed by atoms with Crippen LogP contribution in [0.25, 0.3) is 11.6 Å². The van der Waals surface area contributed by atoms with Crippen LogP contribution < -0.4 is 14.8 Å². The molecule has 0 aliphatic carbocycles. The van der Waals surface area contributed by atoms with E-state index >= 15 is 0 Å². The molecule has 0 unspecified atom stereocenters. The van der Waals surface area contributed by atoms with Crippen molar-refractivity contribution in [2.75, 3.05) is 26.3 Å². The van der Waals surface area contributed by atoms with Crippen LogP contribution in [0.1, 0.15) is 24.5 Å². The van der Waals surface area contributed by atoms with Gasteiger partial charge in [0, 0.05) is 19.6 Å². The number of benzene rings is 1. The number of rotatable bonds is 4. The molecule has 6 nitrogen and oxygen atoms in total. The van der Waals surface area contributed by atoms with Crippen LogP contribution in [0, 0.1) is 18.3 Å². The minimum atomic E-state index is -0.334. The van der Waals surface area contributed by atoms with Gasteiger partial charge in [-0.3, -0.25) is 14.2 Å². The zero-order valence-electron chi connectivity index (χ0n) is 16.1. The van der Waals surface area contributed by atoms with E-state index in [-0.39, 0.29) is 17.0 Å². The Bertz CT molecular complexity index is 1090. The third-order valence-corrected chi connectivity index (χ3v) is 5.66. The van der Waals surface area contributed by atoms with Gasteiger partial charge in [-0.15, -0.1) is 11.3 Å². The van der Waals surface area contributed by atoms with E-state index in [4.69, 9.17) is 4.74 Å². The van der Waals surface area contributed by atoms with Gasteiger partial charge in [0.15, 0.2) is 5.57 Å². The molecule has 28 heavy (non-hydrogen) atoms. The molecular formula is C21H23N3O3S. The third-order valence-electron chi connectivity index (χ3n) is 4.53. The van der Waals surface area contributed by atoms with Gasteiger partial charge >= 0.3 is 0 Å². The van der Waals surface area contributed by atoms with E-state index < -0.39 is 0 Å². The zero-order valence-corrected chi connectivity index (χ0v) is 16.9. The molecular weight excluding hydrogens is 374 g/mol. The minimum absolute atomic E-state index is 0.0290. The molecule has 1 aliphatic heterocycles. The molecule has 0 N–H and O–H groups in total. The van der Waals surface area contributed by atoms with Crippen molar-refractivity contribution in [1.29, 1.82) is 5.26 Å². The molecule has 2 heterocycles. The molecule has 1 aliphatic rings. The van der Waals surface area contributed by atoms with Crippen molar-refractivity contribution in [3.8, 4) is 6.07 Å². The van der Waals surface area contributed by atoms with E-state index in [1.165, 1.54) is 11.3 Å². The first-order valence-electron chi connectivity index (χ1n) is 9.34. The molecule has 0 saturated carbocycles. The van der Waals surface area contributed by atoms with Crippen LogP contribution >= 0.6 is 11.3 Å². The van der Waals surface area contributed by atoms with Gasteiger partial charge in [-0.25, -0.2) is 0 Å². The lowest BCUT2D eigenvalue weighted by atomic mass is 10.1. The molecule has 1 aromatic heterocycles. The number of aromatic nitrogens is 1. The molecule has 7 heteroatoms. The van der Waals surface area contributed by atoms with Crippen LogP contribution in [0.5, 0.6) is 0 Å². The highest BCUT2D eigenvalue weighted by atomic mass is 32.1. The normalized spacial score (nSPS) is 16.0. The smallest absolute Gasteiger partial charge is 0.269 e. The number of thiazole rings is 1. The predicted octanol–water partition coefficient (Wildman–Crippen LogP) is 0.990. The van der Waals surface area contributed by atoms with E-state index in [9.17, 15) is 14.9 Å². The number of nitriles is 1. The SMILES string of the molecule is CCCn1c(=C(C#N)C(=O)N2CCOCC2)sc(=Cc2cccc(C)c2)c1=O. The Morgan fingerprint density at radius 1 is 1.36 bits per heavy atom. The summed E-state index contributed by atoms with van der Waals surface area (Å²) < 4.78 is 7.81. The molecule has 1 fully saturated rings. The summed E-state index contributed by atoms with van der Waals surface area (Å²) >= 11 is 1.21. The standard InChI is InChI=1S/C21H23N3O3S/c1-3-7-24-20(26)18(13-16-6-4-5-15(2)12-16)28-21(24)17(14-22)19(25)23-8-10-27-11-9-23/h4-6,12-13H,3,7-11H2,1-2H3. The summed E-state index contributed by atoms with van der Waals surface area (Å²) in [7, 11) is 0. The molecule has 0 spiro atoms. The Balaban J connectivity index is 2.18. The van der Waals surface area contributed by atoms with Crippen molar-refractivity contribution in [2.45, 2.75) is 26.8 Å². The summed E-state index contributed by atoms with van der Waals surface area (Å²) in [4.78, 5) is 27.5. The van der Waals surface area contributed by atoms with Crippen LogP contribution in [0.15, 0.2) is 29.1 Å². The summed E-state index contributed by atoms with van der Waals surface area (Å²) in [6.45, 7) is 6.26. The van der Waals surface area contributed by atoms with Crippen molar-refractivity contribution >= 4 is 28.9 Å². The van der Waals surface area contributed by atoms with Gasteiger partial charge in [-0.2, -0.15) is 5.26 Å². The predicted molar refractivity (Wildman–Crippen MR) is 109 cm³/mol. The second-order valence-electron chi connectivity index (χ2n) is 6.68. The summed E-state index contributed by atoms with van der Waals surface area (Å²) in [5.74, 6) is -0.334. The maximum atomic E-state index is 13.0. The average molecular weight is 398 g/mol. The minimum Gasteiger partial charge on any atom is -0.378 e. The fourth-order valence-corrected chi connectivity index (χ4v) is 4.28. The van der Waals surface area contributed by atoms with Gasteiger partial charge < -0.3 is 9.64 Å². The van der Waals surface area contributed by atoms with Crippen molar-refractivity contribution in [2.24, 2.45) is 0 Å². The molecule has 1 aromatic carbocycles. The van der Waals surface area contributed by atoms with E-state index in [1.54, 1.807) is 9.47 Å². The number of carbonyl (C=O) groups excluding carboxylic acids is 1. The zero-order chi connectivity index (χ0) is 20.1. The van der Waals surface area contributed by atoms with Gasteiger partial charge in [0.1, 0.15) is 10.7 Å². The molecule has 3 rings (SSSR count). The number of morpholine rings is 1. The van der Waals surface area contributed by atoms with E-state index in [1.807, 2.05) is 50.3 Å². The monoisotopic (exact) mass is 397 g/mol. The molecule has 0 bridgehead atoms. The second-order valence-corrected chi connectivity index (χ2v) is 7.71. The van der Waals surface area contributed by atoms with Crippen molar-refractivity contribution in [3.05, 3.63) is 54.9 Å². The van der Waals surface area contributed by atoms with Crippen molar-refractivity contribution < 1.29 is 9.53 Å². The maximum Gasteiger partial charge on any atom is 0.269 e. The molecule has 2 aromatic rings. The second kappa shape index (κ2) is 9.00. The Morgan fingerprint density at radius 2 is 2.11 bits per heavy atom.